The molecule has 2 N–H and O–H groups in total. The smallest absolute Gasteiger partial charge is 0.191 e. The van der Waals surface area contributed by atoms with Crippen molar-refractivity contribution in [1.82, 2.24) is 9.38 Å². The van der Waals surface area contributed by atoms with E-state index in [1.165, 1.54) is 12.1 Å². The molecular weight excluding hydrogens is 276 g/mol. The number of fused-ring (bicyclic) bond motifs is 1. The molecule has 0 saturated heterocycles. The standard InChI is InChI=1S/C15H13F2N3O/c16-12-5-10(7-18)6-13(17)15(12)21-9-11-8-20-4-2-1-3-14(20)19-11/h1-6,8H,7,9,18H2. The van der Waals surface area contributed by atoms with Gasteiger partial charge in [-0.15, -0.1) is 0 Å². The largest absolute Gasteiger partial charge is 0.481 e. The zero-order valence-corrected chi connectivity index (χ0v) is 11.1. The van der Waals surface area contributed by atoms with Gasteiger partial charge >= 0.3 is 0 Å². The Morgan fingerprint density at radius 3 is 2.62 bits per heavy atom. The third-order valence-electron chi connectivity index (χ3n) is 3.07. The molecule has 2 aromatic heterocycles. The van der Waals surface area contributed by atoms with Gasteiger partial charge in [0.25, 0.3) is 0 Å². The van der Waals surface area contributed by atoms with Crippen LogP contribution in [0, 0.1) is 11.6 Å². The molecule has 0 radical (unpaired) electrons. The normalized spacial score (nSPS) is 11.0. The highest BCUT2D eigenvalue weighted by Gasteiger charge is 2.13. The van der Waals surface area contributed by atoms with Crippen LogP contribution in [-0.2, 0) is 13.2 Å². The maximum absolute atomic E-state index is 13.8. The van der Waals surface area contributed by atoms with E-state index in [2.05, 4.69) is 4.98 Å². The van der Waals surface area contributed by atoms with E-state index in [9.17, 15) is 8.78 Å². The molecule has 0 fully saturated rings. The van der Waals surface area contributed by atoms with Gasteiger partial charge in [0.05, 0.1) is 5.69 Å². The maximum Gasteiger partial charge on any atom is 0.191 e. The number of nitrogens with two attached hydrogens (primary N) is 1. The van der Waals surface area contributed by atoms with E-state index in [4.69, 9.17) is 10.5 Å². The second-order valence-corrected chi connectivity index (χ2v) is 4.58. The topological polar surface area (TPSA) is 52.5 Å². The molecule has 0 aliphatic carbocycles. The Labute approximate surface area is 119 Å². The van der Waals surface area contributed by atoms with Crippen LogP contribution in [0.15, 0.2) is 42.7 Å². The summed E-state index contributed by atoms with van der Waals surface area (Å²) in [5, 5.41) is 0. The summed E-state index contributed by atoms with van der Waals surface area (Å²) < 4.78 is 34.5. The van der Waals surface area contributed by atoms with Crippen molar-refractivity contribution >= 4 is 5.65 Å². The fourth-order valence-electron chi connectivity index (χ4n) is 2.07. The van der Waals surface area contributed by atoms with Gasteiger partial charge in [-0.25, -0.2) is 13.8 Å². The quantitative estimate of drug-likeness (QED) is 0.803. The third-order valence-corrected chi connectivity index (χ3v) is 3.07. The molecule has 4 nitrogen and oxygen atoms in total. The Balaban J connectivity index is 1.81. The first-order valence-electron chi connectivity index (χ1n) is 6.41. The van der Waals surface area contributed by atoms with Gasteiger partial charge in [-0.3, -0.25) is 0 Å². The maximum atomic E-state index is 13.8. The van der Waals surface area contributed by atoms with Gasteiger partial charge in [0.1, 0.15) is 12.3 Å². The molecule has 108 valence electrons. The van der Waals surface area contributed by atoms with Crippen LogP contribution in [-0.4, -0.2) is 9.38 Å². The van der Waals surface area contributed by atoms with Crippen LogP contribution in [0.1, 0.15) is 11.3 Å². The molecule has 21 heavy (non-hydrogen) atoms. The second kappa shape index (κ2) is 5.49. The summed E-state index contributed by atoms with van der Waals surface area (Å²) in [6.45, 7) is 0.0536. The molecule has 0 saturated carbocycles. The van der Waals surface area contributed by atoms with E-state index in [1.807, 2.05) is 28.8 Å². The van der Waals surface area contributed by atoms with Crippen molar-refractivity contribution in [3.8, 4) is 5.75 Å². The molecule has 0 aliphatic heterocycles. The molecule has 0 bridgehead atoms. The lowest BCUT2D eigenvalue weighted by atomic mass is 10.2. The number of imidazole rings is 1. The zero-order chi connectivity index (χ0) is 14.8. The van der Waals surface area contributed by atoms with Gasteiger partial charge in [0.15, 0.2) is 17.4 Å². The first kappa shape index (κ1) is 13.5. The zero-order valence-electron chi connectivity index (χ0n) is 11.1. The van der Waals surface area contributed by atoms with E-state index in [0.29, 0.717) is 11.3 Å². The van der Waals surface area contributed by atoms with E-state index in [1.54, 1.807) is 6.20 Å². The van der Waals surface area contributed by atoms with Crippen molar-refractivity contribution in [1.29, 1.82) is 0 Å². The molecule has 3 rings (SSSR count). The summed E-state index contributed by atoms with van der Waals surface area (Å²) in [6, 6.07) is 7.90. The van der Waals surface area contributed by atoms with E-state index in [0.717, 1.165) is 5.65 Å². The van der Waals surface area contributed by atoms with Crippen LogP contribution >= 0.6 is 0 Å². The van der Waals surface area contributed by atoms with Crippen LogP contribution in [0.25, 0.3) is 5.65 Å². The molecule has 0 atom stereocenters. The summed E-state index contributed by atoms with van der Waals surface area (Å²) >= 11 is 0. The average Bonchev–Trinajstić information content (AvgIpc) is 2.88. The number of ether oxygens (including phenoxy) is 1. The fourth-order valence-corrected chi connectivity index (χ4v) is 2.07. The highest BCUT2D eigenvalue weighted by atomic mass is 19.1. The lowest BCUT2D eigenvalue weighted by molar-refractivity contribution is 0.270. The van der Waals surface area contributed by atoms with Gasteiger partial charge < -0.3 is 14.9 Å². The number of nitrogens with zero attached hydrogens (tertiary/aromatic N) is 2. The van der Waals surface area contributed by atoms with Gasteiger partial charge in [-0.05, 0) is 29.8 Å². The van der Waals surface area contributed by atoms with Crippen molar-refractivity contribution in [2.45, 2.75) is 13.2 Å². The lowest BCUT2D eigenvalue weighted by Gasteiger charge is -2.08. The molecule has 1 aromatic carbocycles. The Hall–Kier alpha value is -2.47. The Bertz CT molecular complexity index is 729. The van der Waals surface area contributed by atoms with Gasteiger partial charge in [0.2, 0.25) is 0 Å². The number of aromatic nitrogens is 2. The highest BCUT2D eigenvalue weighted by Crippen LogP contribution is 2.24. The molecule has 0 amide bonds. The minimum Gasteiger partial charge on any atom is -0.481 e. The Kier molecular flexibility index (Phi) is 3.53. The average molecular weight is 289 g/mol. The number of hydrogen-bond donors (Lipinski definition) is 1. The van der Waals surface area contributed by atoms with Crippen LogP contribution < -0.4 is 10.5 Å². The summed E-state index contributed by atoms with van der Waals surface area (Å²) in [4.78, 5) is 4.29. The predicted molar refractivity (Wildman–Crippen MR) is 73.8 cm³/mol. The Morgan fingerprint density at radius 2 is 1.95 bits per heavy atom. The second-order valence-electron chi connectivity index (χ2n) is 4.58. The van der Waals surface area contributed by atoms with Crippen molar-refractivity contribution in [3.05, 3.63) is 65.6 Å². The summed E-state index contributed by atoms with van der Waals surface area (Å²) in [7, 11) is 0. The number of pyridine rings is 1. The molecule has 0 unspecified atom stereocenters. The molecular formula is C15H13F2N3O. The van der Waals surface area contributed by atoms with E-state index >= 15 is 0 Å². The van der Waals surface area contributed by atoms with Crippen molar-refractivity contribution in [3.63, 3.8) is 0 Å². The molecule has 0 spiro atoms. The van der Waals surface area contributed by atoms with Crippen molar-refractivity contribution in [2.75, 3.05) is 0 Å². The molecule has 3 aromatic rings. The van der Waals surface area contributed by atoms with Crippen LogP contribution in [0.2, 0.25) is 0 Å². The first-order chi connectivity index (χ1) is 10.2. The summed E-state index contributed by atoms with van der Waals surface area (Å²) in [5.74, 6) is -1.94. The predicted octanol–water partition coefficient (Wildman–Crippen LogP) is 2.65. The van der Waals surface area contributed by atoms with Crippen LogP contribution in [0.4, 0.5) is 8.78 Å². The number of rotatable bonds is 4. The van der Waals surface area contributed by atoms with E-state index in [-0.39, 0.29) is 13.2 Å². The third kappa shape index (κ3) is 2.71. The number of benzene rings is 1. The van der Waals surface area contributed by atoms with Crippen LogP contribution in [0.3, 0.4) is 0 Å². The van der Waals surface area contributed by atoms with Crippen molar-refractivity contribution in [2.24, 2.45) is 5.73 Å². The summed E-state index contributed by atoms with van der Waals surface area (Å²) in [6.07, 6.45) is 3.59. The van der Waals surface area contributed by atoms with Gasteiger partial charge in [0, 0.05) is 18.9 Å². The van der Waals surface area contributed by atoms with Crippen molar-refractivity contribution < 1.29 is 13.5 Å². The lowest BCUT2D eigenvalue weighted by Crippen LogP contribution is -2.03. The minimum atomic E-state index is -0.765. The number of halogens is 2. The SMILES string of the molecule is NCc1cc(F)c(OCc2cn3ccccc3n2)c(F)c1. The summed E-state index contributed by atoms with van der Waals surface area (Å²) in [5.41, 5.74) is 7.07. The number of hydrogen-bond acceptors (Lipinski definition) is 3. The van der Waals surface area contributed by atoms with Gasteiger partial charge in [-0.1, -0.05) is 6.07 Å². The van der Waals surface area contributed by atoms with Gasteiger partial charge in [-0.2, -0.15) is 0 Å². The molecule has 0 aliphatic rings. The first-order valence-corrected chi connectivity index (χ1v) is 6.41. The monoisotopic (exact) mass is 289 g/mol. The Morgan fingerprint density at radius 1 is 1.19 bits per heavy atom. The molecule has 2 heterocycles. The fraction of sp³-hybridized carbons (Fsp3) is 0.133. The van der Waals surface area contributed by atoms with Crippen LogP contribution in [0.5, 0.6) is 5.75 Å². The highest BCUT2D eigenvalue weighted by molar-refractivity contribution is 5.39. The van der Waals surface area contributed by atoms with E-state index < -0.39 is 17.4 Å². The minimum absolute atomic E-state index is 0.0164. The molecule has 6 heteroatoms.